The van der Waals surface area contributed by atoms with E-state index in [0.29, 0.717) is 0 Å². The van der Waals surface area contributed by atoms with E-state index < -0.39 is 0 Å². The molecule has 0 bridgehead atoms. The lowest BCUT2D eigenvalue weighted by molar-refractivity contribution is 0.311. The summed E-state index contributed by atoms with van der Waals surface area (Å²) in [5.74, 6) is 1.74. The van der Waals surface area contributed by atoms with Crippen LogP contribution in [-0.4, -0.2) is 24.1 Å². The van der Waals surface area contributed by atoms with Crippen LogP contribution >= 0.6 is 15.9 Å². The van der Waals surface area contributed by atoms with Crippen molar-refractivity contribution in [1.29, 1.82) is 0 Å². The average molecular weight is 340 g/mol. The summed E-state index contributed by atoms with van der Waals surface area (Å²) in [5, 5.41) is 11.7. The highest BCUT2D eigenvalue weighted by Gasteiger charge is 2.22. The number of halogens is 1. The summed E-state index contributed by atoms with van der Waals surface area (Å²) >= 11 is 3.59. The Morgan fingerprint density at radius 1 is 1.40 bits per heavy atom. The topological polar surface area (TPSA) is 61.8 Å². The molecule has 0 radical (unpaired) electrons. The van der Waals surface area contributed by atoms with Crippen molar-refractivity contribution in [3.05, 3.63) is 28.2 Å². The highest BCUT2D eigenvalue weighted by Crippen LogP contribution is 2.32. The van der Waals surface area contributed by atoms with Crippen molar-refractivity contribution in [3.8, 4) is 0 Å². The molecule has 110 valence electrons. The second-order valence-electron chi connectivity index (χ2n) is 5.72. The number of piperidine rings is 1. The highest BCUT2D eigenvalue weighted by molar-refractivity contribution is 9.10. The fourth-order valence-corrected chi connectivity index (χ4v) is 3.42. The molecule has 0 aliphatic carbocycles. The monoisotopic (exact) mass is 339 g/mol. The van der Waals surface area contributed by atoms with E-state index in [1.165, 1.54) is 18.5 Å². The summed E-state index contributed by atoms with van der Waals surface area (Å²) in [5.41, 5.74) is 7.51. The van der Waals surface area contributed by atoms with Crippen molar-refractivity contribution >= 4 is 27.5 Å². The number of nitrogens with two attached hydrogens (primary N) is 1. The highest BCUT2D eigenvalue weighted by atomic mass is 79.9. The fraction of sp³-hybridized carbons (Fsp3) is 0.533. The molecule has 1 aliphatic heterocycles. The number of rotatable bonds is 3. The molecule has 0 amide bonds. The van der Waals surface area contributed by atoms with Gasteiger partial charge in [-0.25, -0.2) is 0 Å². The van der Waals surface area contributed by atoms with Crippen LogP contribution in [0.25, 0.3) is 0 Å². The zero-order valence-electron chi connectivity index (χ0n) is 12.0. The van der Waals surface area contributed by atoms with E-state index in [1.807, 2.05) is 18.2 Å². The minimum Gasteiger partial charge on any atom is -0.409 e. The molecule has 1 heterocycles. The summed E-state index contributed by atoms with van der Waals surface area (Å²) in [6.45, 7) is 6.79. The quantitative estimate of drug-likeness (QED) is 0.384. The zero-order chi connectivity index (χ0) is 14.7. The molecule has 0 unspecified atom stereocenters. The molecule has 0 aromatic heterocycles. The average Bonchev–Trinajstić information content (AvgIpc) is 2.46. The van der Waals surface area contributed by atoms with Gasteiger partial charge in [0.1, 0.15) is 0 Å². The first-order valence-corrected chi connectivity index (χ1v) is 7.84. The van der Waals surface area contributed by atoms with Gasteiger partial charge in [-0.3, -0.25) is 0 Å². The van der Waals surface area contributed by atoms with Gasteiger partial charge < -0.3 is 15.8 Å². The van der Waals surface area contributed by atoms with Crippen LogP contribution in [0.2, 0.25) is 0 Å². The zero-order valence-corrected chi connectivity index (χ0v) is 13.6. The predicted molar refractivity (Wildman–Crippen MR) is 86.4 cm³/mol. The largest absolute Gasteiger partial charge is 0.409 e. The molecule has 5 heteroatoms. The molecule has 1 fully saturated rings. The molecule has 1 saturated heterocycles. The summed E-state index contributed by atoms with van der Waals surface area (Å²) < 4.78 is 0.990. The second-order valence-corrected chi connectivity index (χ2v) is 6.57. The van der Waals surface area contributed by atoms with E-state index in [2.05, 4.69) is 39.8 Å². The standard InChI is InChI=1S/C15H22BrN3O/c1-10(2)11-5-7-19(8-6-11)14-4-3-12(9-13(14)16)15(17)18-20/h3-4,9-11,20H,5-8H2,1-2H3,(H2,17,18). The van der Waals surface area contributed by atoms with Gasteiger partial charge in [-0.1, -0.05) is 19.0 Å². The van der Waals surface area contributed by atoms with E-state index in [1.54, 1.807) is 0 Å². The normalized spacial score (nSPS) is 17.8. The van der Waals surface area contributed by atoms with Crippen LogP contribution in [0.4, 0.5) is 5.69 Å². The number of amidine groups is 1. The van der Waals surface area contributed by atoms with Crippen LogP contribution in [-0.2, 0) is 0 Å². The van der Waals surface area contributed by atoms with Crippen LogP contribution in [0.15, 0.2) is 27.8 Å². The lowest BCUT2D eigenvalue weighted by Crippen LogP contribution is -2.35. The van der Waals surface area contributed by atoms with E-state index in [0.717, 1.165) is 35.0 Å². The molecule has 1 aromatic rings. The van der Waals surface area contributed by atoms with Gasteiger partial charge in [-0.15, -0.1) is 0 Å². The second kappa shape index (κ2) is 6.48. The number of benzene rings is 1. The van der Waals surface area contributed by atoms with Gasteiger partial charge in [0.05, 0.1) is 5.69 Å². The molecule has 2 rings (SSSR count). The number of hydrogen-bond acceptors (Lipinski definition) is 3. The summed E-state index contributed by atoms with van der Waals surface area (Å²) in [4.78, 5) is 2.40. The van der Waals surface area contributed by atoms with E-state index >= 15 is 0 Å². The third kappa shape index (κ3) is 3.26. The third-order valence-corrected chi connectivity index (χ3v) is 4.81. The van der Waals surface area contributed by atoms with Gasteiger partial charge in [0.2, 0.25) is 0 Å². The molecule has 20 heavy (non-hydrogen) atoms. The molecular formula is C15H22BrN3O. The Hall–Kier alpha value is -1.23. The van der Waals surface area contributed by atoms with Crippen LogP contribution in [0.1, 0.15) is 32.3 Å². The van der Waals surface area contributed by atoms with Crippen molar-refractivity contribution in [1.82, 2.24) is 0 Å². The molecule has 4 nitrogen and oxygen atoms in total. The minimum absolute atomic E-state index is 0.135. The molecule has 0 atom stereocenters. The first-order chi connectivity index (χ1) is 9.52. The Morgan fingerprint density at radius 3 is 2.55 bits per heavy atom. The maximum atomic E-state index is 8.72. The number of anilines is 1. The molecule has 3 N–H and O–H groups in total. The maximum Gasteiger partial charge on any atom is 0.170 e. The molecule has 1 aromatic carbocycles. The van der Waals surface area contributed by atoms with Crippen LogP contribution in [0, 0.1) is 11.8 Å². The fourth-order valence-electron chi connectivity index (χ4n) is 2.79. The molecule has 0 saturated carbocycles. The summed E-state index contributed by atoms with van der Waals surface area (Å²) in [7, 11) is 0. The van der Waals surface area contributed by atoms with Gasteiger partial charge in [-0.2, -0.15) is 0 Å². The minimum atomic E-state index is 0.135. The lowest BCUT2D eigenvalue weighted by Gasteiger charge is -2.35. The van der Waals surface area contributed by atoms with Gasteiger partial charge in [0.25, 0.3) is 0 Å². The molecule has 1 aliphatic rings. The van der Waals surface area contributed by atoms with Crippen LogP contribution in [0.3, 0.4) is 0 Å². The molecule has 0 spiro atoms. The first-order valence-electron chi connectivity index (χ1n) is 7.05. The number of hydrogen-bond donors (Lipinski definition) is 2. The van der Waals surface area contributed by atoms with Gasteiger partial charge >= 0.3 is 0 Å². The first kappa shape index (κ1) is 15.2. The van der Waals surface area contributed by atoms with Crippen molar-refractivity contribution in [2.75, 3.05) is 18.0 Å². The third-order valence-electron chi connectivity index (χ3n) is 4.17. The van der Waals surface area contributed by atoms with Crippen molar-refractivity contribution in [2.24, 2.45) is 22.7 Å². The SMILES string of the molecule is CC(C)C1CCN(c2ccc(/C(N)=N/O)cc2Br)CC1. The van der Waals surface area contributed by atoms with Crippen LogP contribution in [0.5, 0.6) is 0 Å². The van der Waals surface area contributed by atoms with Gasteiger partial charge in [0.15, 0.2) is 5.84 Å². The Kier molecular flexibility index (Phi) is 4.91. The Morgan fingerprint density at radius 2 is 2.05 bits per heavy atom. The summed E-state index contributed by atoms with van der Waals surface area (Å²) in [6, 6.07) is 5.83. The smallest absolute Gasteiger partial charge is 0.170 e. The number of oxime groups is 1. The van der Waals surface area contributed by atoms with E-state index in [4.69, 9.17) is 10.9 Å². The Labute approximate surface area is 128 Å². The van der Waals surface area contributed by atoms with E-state index in [9.17, 15) is 0 Å². The molecular weight excluding hydrogens is 318 g/mol. The van der Waals surface area contributed by atoms with Crippen molar-refractivity contribution in [3.63, 3.8) is 0 Å². The van der Waals surface area contributed by atoms with Gasteiger partial charge in [-0.05, 0) is 58.8 Å². The van der Waals surface area contributed by atoms with Gasteiger partial charge in [0, 0.05) is 23.1 Å². The predicted octanol–water partition coefficient (Wildman–Crippen LogP) is 3.42. The van der Waals surface area contributed by atoms with E-state index in [-0.39, 0.29) is 5.84 Å². The lowest BCUT2D eigenvalue weighted by atomic mass is 9.86. The maximum absolute atomic E-state index is 8.72. The van der Waals surface area contributed by atoms with Crippen molar-refractivity contribution in [2.45, 2.75) is 26.7 Å². The Balaban J connectivity index is 2.11. The van der Waals surface area contributed by atoms with Crippen molar-refractivity contribution < 1.29 is 5.21 Å². The number of nitrogens with zero attached hydrogens (tertiary/aromatic N) is 2. The Bertz CT molecular complexity index is 494. The van der Waals surface area contributed by atoms with Crippen LogP contribution < -0.4 is 10.6 Å². The summed E-state index contributed by atoms with van der Waals surface area (Å²) in [6.07, 6.45) is 2.48.